The molecule has 2 unspecified atom stereocenters. The minimum atomic E-state index is -1.16. The van der Waals surface area contributed by atoms with E-state index in [1.165, 1.54) is 0 Å². The van der Waals surface area contributed by atoms with Gasteiger partial charge >= 0.3 is 5.97 Å². The van der Waals surface area contributed by atoms with Gasteiger partial charge in [0, 0.05) is 32.0 Å². The molecule has 0 aromatic carbocycles. The standard InChI is InChI=1S/C13H22N2O4/c14-8-9-2-1-3-10(9)11(16)15-13(12(17)18)4-6-19-7-5-13/h9-10H,1-8,14H2,(H,15,16)(H,17,18). The molecule has 1 aliphatic heterocycles. The van der Waals surface area contributed by atoms with Gasteiger partial charge in [-0.05, 0) is 25.3 Å². The first kappa shape index (κ1) is 14.3. The zero-order valence-corrected chi connectivity index (χ0v) is 11.1. The largest absolute Gasteiger partial charge is 0.480 e. The van der Waals surface area contributed by atoms with Crippen LogP contribution in [0.4, 0.5) is 0 Å². The monoisotopic (exact) mass is 270 g/mol. The number of carboxylic acid groups (broad SMARTS) is 1. The van der Waals surface area contributed by atoms with Gasteiger partial charge in [0.1, 0.15) is 5.54 Å². The number of nitrogens with two attached hydrogens (primary N) is 1. The van der Waals surface area contributed by atoms with Crippen molar-refractivity contribution in [3.63, 3.8) is 0 Å². The fourth-order valence-corrected chi connectivity index (χ4v) is 3.10. The van der Waals surface area contributed by atoms with Crippen LogP contribution in [0.3, 0.4) is 0 Å². The van der Waals surface area contributed by atoms with Crippen LogP contribution in [0.25, 0.3) is 0 Å². The summed E-state index contributed by atoms with van der Waals surface area (Å²) in [6.45, 7) is 1.23. The molecule has 1 saturated carbocycles. The molecule has 4 N–H and O–H groups in total. The predicted molar refractivity (Wildman–Crippen MR) is 68.4 cm³/mol. The summed E-state index contributed by atoms with van der Waals surface area (Å²) in [4.78, 5) is 23.8. The number of hydrogen-bond acceptors (Lipinski definition) is 4. The first-order chi connectivity index (χ1) is 9.09. The van der Waals surface area contributed by atoms with Crippen LogP contribution in [0.15, 0.2) is 0 Å². The van der Waals surface area contributed by atoms with Gasteiger partial charge in [-0.25, -0.2) is 4.79 Å². The fourth-order valence-electron chi connectivity index (χ4n) is 3.10. The molecule has 0 radical (unpaired) electrons. The fraction of sp³-hybridized carbons (Fsp3) is 0.846. The molecule has 1 saturated heterocycles. The molecule has 1 aliphatic carbocycles. The van der Waals surface area contributed by atoms with Gasteiger partial charge in [-0.3, -0.25) is 4.79 Å². The lowest BCUT2D eigenvalue weighted by Crippen LogP contribution is -2.59. The summed E-state index contributed by atoms with van der Waals surface area (Å²) in [5, 5.41) is 12.2. The number of carbonyl (C=O) groups is 2. The number of hydrogen-bond donors (Lipinski definition) is 3. The van der Waals surface area contributed by atoms with Gasteiger partial charge < -0.3 is 20.9 Å². The second-order valence-electron chi connectivity index (χ2n) is 5.52. The summed E-state index contributed by atoms with van der Waals surface area (Å²) in [6, 6.07) is 0. The van der Waals surface area contributed by atoms with Crippen LogP contribution in [-0.4, -0.2) is 42.3 Å². The Hall–Kier alpha value is -1.14. The SMILES string of the molecule is NCC1CCCC1C(=O)NC1(C(=O)O)CCOCC1. The molecule has 2 fully saturated rings. The third-order valence-corrected chi connectivity index (χ3v) is 4.42. The van der Waals surface area contributed by atoms with E-state index in [9.17, 15) is 14.7 Å². The van der Waals surface area contributed by atoms with E-state index in [0.717, 1.165) is 19.3 Å². The smallest absolute Gasteiger partial charge is 0.329 e. The third-order valence-electron chi connectivity index (χ3n) is 4.42. The molecule has 6 nitrogen and oxygen atoms in total. The number of aliphatic carboxylic acids is 1. The van der Waals surface area contributed by atoms with Crippen molar-refractivity contribution in [1.82, 2.24) is 5.32 Å². The molecule has 0 aromatic heterocycles. The second kappa shape index (κ2) is 5.88. The molecule has 108 valence electrons. The maximum Gasteiger partial charge on any atom is 0.329 e. The van der Waals surface area contributed by atoms with Crippen LogP contribution in [0.2, 0.25) is 0 Å². The van der Waals surface area contributed by atoms with Crippen molar-refractivity contribution in [1.29, 1.82) is 0 Å². The Labute approximate surface area is 112 Å². The summed E-state index contributed by atoms with van der Waals surface area (Å²) < 4.78 is 5.19. The minimum Gasteiger partial charge on any atom is -0.480 e. The molecule has 0 bridgehead atoms. The highest BCUT2D eigenvalue weighted by Gasteiger charge is 2.44. The maximum absolute atomic E-state index is 12.3. The van der Waals surface area contributed by atoms with E-state index in [-0.39, 0.29) is 17.7 Å². The van der Waals surface area contributed by atoms with Gasteiger partial charge in [-0.1, -0.05) is 6.42 Å². The molecule has 2 rings (SSSR count). The van der Waals surface area contributed by atoms with Crippen molar-refractivity contribution < 1.29 is 19.4 Å². The van der Waals surface area contributed by atoms with E-state index < -0.39 is 11.5 Å². The molecular formula is C13H22N2O4. The summed E-state index contributed by atoms with van der Waals surface area (Å²) in [7, 11) is 0. The van der Waals surface area contributed by atoms with Crippen LogP contribution >= 0.6 is 0 Å². The van der Waals surface area contributed by atoms with Gasteiger partial charge in [0.2, 0.25) is 5.91 Å². The number of ether oxygens (including phenoxy) is 1. The maximum atomic E-state index is 12.3. The zero-order chi connectivity index (χ0) is 13.9. The summed E-state index contributed by atoms with van der Waals surface area (Å²) in [5.74, 6) is -1.07. The molecule has 1 heterocycles. The van der Waals surface area contributed by atoms with Crippen molar-refractivity contribution in [2.24, 2.45) is 17.6 Å². The van der Waals surface area contributed by atoms with Crippen LogP contribution in [0, 0.1) is 11.8 Å². The van der Waals surface area contributed by atoms with Crippen molar-refractivity contribution in [3.8, 4) is 0 Å². The number of nitrogens with one attached hydrogen (secondary N) is 1. The first-order valence-electron chi connectivity index (χ1n) is 6.92. The Bertz CT molecular complexity index is 353. The highest BCUT2D eigenvalue weighted by atomic mass is 16.5. The average Bonchev–Trinajstić information content (AvgIpc) is 2.88. The minimum absolute atomic E-state index is 0.135. The van der Waals surface area contributed by atoms with Gasteiger partial charge in [0.25, 0.3) is 0 Å². The Balaban J connectivity index is 2.04. The lowest BCUT2D eigenvalue weighted by molar-refractivity contribution is -0.153. The van der Waals surface area contributed by atoms with Crippen LogP contribution in [0.1, 0.15) is 32.1 Å². The quantitative estimate of drug-likeness (QED) is 0.673. The molecular weight excluding hydrogens is 248 g/mol. The Morgan fingerprint density at radius 1 is 1.32 bits per heavy atom. The summed E-state index contributed by atoms with van der Waals surface area (Å²) in [6.07, 6.45) is 3.41. The van der Waals surface area contributed by atoms with Crippen molar-refractivity contribution in [2.75, 3.05) is 19.8 Å². The Morgan fingerprint density at radius 3 is 2.58 bits per heavy atom. The highest BCUT2D eigenvalue weighted by Crippen LogP contribution is 2.32. The molecule has 19 heavy (non-hydrogen) atoms. The number of rotatable bonds is 4. The topological polar surface area (TPSA) is 102 Å². The van der Waals surface area contributed by atoms with Gasteiger partial charge in [-0.2, -0.15) is 0 Å². The number of amides is 1. The number of carbonyl (C=O) groups excluding carboxylic acids is 1. The molecule has 0 spiro atoms. The highest BCUT2D eigenvalue weighted by molar-refractivity contribution is 5.88. The normalized spacial score (nSPS) is 29.9. The Kier molecular flexibility index (Phi) is 4.42. The molecule has 2 aliphatic rings. The molecule has 2 atom stereocenters. The molecule has 6 heteroatoms. The molecule has 0 aromatic rings. The number of carboxylic acids is 1. The van der Waals surface area contributed by atoms with Gasteiger partial charge in [-0.15, -0.1) is 0 Å². The zero-order valence-electron chi connectivity index (χ0n) is 11.1. The summed E-state index contributed by atoms with van der Waals surface area (Å²) >= 11 is 0. The van der Waals surface area contributed by atoms with Crippen LogP contribution < -0.4 is 11.1 Å². The van der Waals surface area contributed by atoms with Gasteiger partial charge in [0.05, 0.1) is 0 Å². The van der Waals surface area contributed by atoms with Crippen LogP contribution in [0.5, 0.6) is 0 Å². The van der Waals surface area contributed by atoms with Crippen LogP contribution in [-0.2, 0) is 14.3 Å². The van der Waals surface area contributed by atoms with E-state index in [4.69, 9.17) is 10.5 Å². The summed E-state index contributed by atoms with van der Waals surface area (Å²) in [5.41, 5.74) is 4.52. The lowest BCUT2D eigenvalue weighted by atomic mass is 9.87. The van der Waals surface area contributed by atoms with Crippen molar-refractivity contribution >= 4 is 11.9 Å². The first-order valence-corrected chi connectivity index (χ1v) is 6.92. The van der Waals surface area contributed by atoms with Crippen molar-refractivity contribution in [2.45, 2.75) is 37.6 Å². The van der Waals surface area contributed by atoms with E-state index in [1.807, 2.05) is 0 Å². The van der Waals surface area contributed by atoms with E-state index >= 15 is 0 Å². The Morgan fingerprint density at radius 2 is 2.00 bits per heavy atom. The van der Waals surface area contributed by atoms with Gasteiger partial charge in [0.15, 0.2) is 0 Å². The van der Waals surface area contributed by atoms with Crippen molar-refractivity contribution in [3.05, 3.63) is 0 Å². The van der Waals surface area contributed by atoms with E-state index in [1.54, 1.807) is 0 Å². The predicted octanol–water partition coefficient (Wildman–Crippen LogP) is 0.111. The molecule has 1 amide bonds. The lowest BCUT2D eigenvalue weighted by Gasteiger charge is -2.35. The average molecular weight is 270 g/mol. The van der Waals surface area contributed by atoms with E-state index in [0.29, 0.717) is 32.6 Å². The third kappa shape index (κ3) is 2.90. The second-order valence-corrected chi connectivity index (χ2v) is 5.52. The van der Waals surface area contributed by atoms with E-state index in [2.05, 4.69) is 5.32 Å².